The zero-order valence-electron chi connectivity index (χ0n) is 5.50. The summed E-state index contributed by atoms with van der Waals surface area (Å²) in [5.41, 5.74) is 0. The number of rotatable bonds is 1. The summed E-state index contributed by atoms with van der Waals surface area (Å²) in [5, 5.41) is 0. The summed E-state index contributed by atoms with van der Waals surface area (Å²) in [5.74, 6) is -0.250. The molecule has 4 heteroatoms. The molecule has 0 aliphatic heterocycles. The van der Waals surface area contributed by atoms with Gasteiger partial charge in [-0.05, 0) is 6.92 Å². The van der Waals surface area contributed by atoms with Gasteiger partial charge in [0.25, 0.3) is 0 Å². The van der Waals surface area contributed by atoms with Gasteiger partial charge in [0.05, 0.1) is 5.78 Å². The van der Waals surface area contributed by atoms with Crippen molar-refractivity contribution in [2.45, 2.75) is 6.92 Å². The van der Waals surface area contributed by atoms with Crippen LogP contribution in [0.25, 0.3) is 0 Å². The first kappa shape index (κ1) is 22.5. The molecule has 0 aliphatic carbocycles. The van der Waals surface area contributed by atoms with E-state index in [1.807, 2.05) is 0 Å². The maximum Gasteiger partial charge on any atom is 0.0745 e. The molecular weight excluding hydrogens is 305 g/mol. The Kier molecular flexibility index (Phi) is 32.7. The van der Waals surface area contributed by atoms with Crippen LogP contribution in [0.2, 0.25) is 0 Å². The molecule has 0 aromatic carbocycles. The summed E-state index contributed by atoms with van der Waals surface area (Å²) >= 11 is 0. The van der Waals surface area contributed by atoms with Gasteiger partial charge in [0, 0.05) is 84.0 Å². The fraction of sp³-hybridized carbons (Fsp3) is 0.400. The van der Waals surface area contributed by atoms with Gasteiger partial charge >= 0.3 is 0 Å². The summed E-state index contributed by atoms with van der Waals surface area (Å²) in [6.07, 6.45) is 0. The van der Waals surface area contributed by atoms with Gasteiger partial charge in [0.15, 0.2) is 0 Å². The summed E-state index contributed by atoms with van der Waals surface area (Å²) in [6.45, 7) is 8.23. The number of hydrogen-bond acceptors (Lipinski definition) is 1. The zero-order valence-corrected chi connectivity index (χ0v) is 12.6. The maximum atomic E-state index is 10.0. The average molecular weight is 313 g/mol. The smallest absolute Gasteiger partial charge is 0.0745 e. The number of carbonyl (C=O) groups is 1. The second-order valence-electron chi connectivity index (χ2n) is 1.31. The van der Waals surface area contributed by atoms with Crippen LogP contribution in [0.3, 0.4) is 0 Å². The number of carbonyl (C=O) groups excluding carboxylic acids is 1. The normalized spacial score (nSPS) is 6.22. The Morgan fingerprint density at radius 3 is 1.44 bits per heavy atom. The molecule has 0 aliphatic rings. The van der Waals surface area contributed by atoms with Gasteiger partial charge in [0.2, 0.25) is 0 Å². The topological polar surface area (TPSA) is 17.1 Å². The third-order valence-electron chi connectivity index (χ3n) is 0.575. The minimum Gasteiger partial charge on any atom is -0.363 e. The second kappa shape index (κ2) is 13.1. The Morgan fingerprint density at radius 1 is 1.33 bits per heavy atom. The van der Waals surface area contributed by atoms with E-state index in [0.717, 1.165) is 0 Å². The van der Waals surface area contributed by atoms with E-state index >= 15 is 0 Å². The van der Waals surface area contributed by atoms with Crippen LogP contribution in [0, 0.1) is 19.8 Å². The van der Waals surface area contributed by atoms with Crippen LogP contribution in [0.4, 0.5) is 0 Å². The van der Waals surface area contributed by atoms with Crippen LogP contribution < -0.4 is 0 Å². The number of hydrogen-bond donors (Lipinski definition) is 0. The summed E-state index contributed by atoms with van der Waals surface area (Å²) in [4.78, 5) is 10.0. The van der Waals surface area contributed by atoms with Crippen LogP contribution in [0.5, 0.6) is 0 Å². The van der Waals surface area contributed by atoms with Gasteiger partial charge in [-0.1, -0.05) is 0 Å². The number of Topliss-reactive ketones (excluding diaryl/α,β-unsaturated/α-hetero) is 1. The molecule has 0 saturated carbocycles. The standard InChI is InChI=1S/C5H8O.V.2Y/c1-4(2)5(3)6;;;/h4H,1-2H2,3H3;;;/q-2;;;. The first-order valence-corrected chi connectivity index (χ1v) is 1.81. The minimum absolute atomic E-state index is 0. The summed E-state index contributed by atoms with van der Waals surface area (Å²) in [7, 11) is 0. The van der Waals surface area contributed by atoms with E-state index in [2.05, 4.69) is 13.8 Å². The van der Waals surface area contributed by atoms with Crippen LogP contribution in [-0.4, -0.2) is 5.78 Å². The molecule has 0 aromatic heterocycles. The van der Waals surface area contributed by atoms with Gasteiger partial charge in [-0.3, -0.25) is 0 Å². The van der Waals surface area contributed by atoms with Gasteiger partial charge in [0.1, 0.15) is 0 Å². The van der Waals surface area contributed by atoms with Crippen molar-refractivity contribution in [1.29, 1.82) is 0 Å². The molecule has 0 N–H and O–H groups in total. The average Bonchev–Trinajstić information content (AvgIpc) is 1.36. The van der Waals surface area contributed by atoms with Crippen molar-refractivity contribution in [1.82, 2.24) is 0 Å². The van der Waals surface area contributed by atoms with E-state index < -0.39 is 0 Å². The maximum absolute atomic E-state index is 10.0. The third kappa shape index (κ3) is 17.9. The molecule has 0 amide bonds. The molecule has 0 rings (SSSR count). The molecule has 0 bridgehead atoms. The summed E-state index contributed by atoms with van der Waals surface area (Å²) < 4.78 is 0. The largest absolute Gasteiger partial charge is 0.363 e. The Labute approximate surface area is 119 Å². The van der Waals surface area contributed by atoms with Gasteiger partial charge < -0.3 is 18.6 Å². The third-order valence-corrected chi connectivity index (χ3v) is 0.575. The molecule has 0 heterocycles. The predicted octanol–water partition coefficient (Wildman–Crippen LogP) is 0.852. The minimum atomic E-state index is -0.287. The molecule has 3 radical (unpaired) electrons. The molecular formula is C5H8OVY2-2. The van der Waals surface area contributed by atoms with Crippen molar-refractivity contribution in [2.24, 2.45) is 5.92 Å². The molecule has 0 unspecified atom stereocenters. The van der Waals surface area contributed by atoms with Crippen LogP contribution in [0.15, 0.2) is 0 Å². The van der Waals surface area contributed by atoms with Crippen molar-refractivity contribution in [2.75, 3.05) is 0 Å². The van der Waals surface area contributed by atoms with E-state index in [0.29, 0.717) is 0 Å². The first-order valence-electron chi connectivity index (χ1n) is 1.81. The molecule has 0 spiro atoms. The van der Waals surface area contributed by atoms with Crippen LogP contribution in [-0.2, 0) is 88.8 Å². The van der Waals surface area contributed by atoms with Crippen molar-refractivity contribution < 1.29 is 88.8 Å². The molecule has 0 saturated heterocycles. The Hall–Kier alpha value is 2.46. The molecule has 0 aromatic rings. The molecule has 9 heavy (non-hydrogen) atoms. The fourth-order valence-electron chi connectivity index (χ4n) is 0. The van der Waals surface area contributed by atoms with Crippen LogP contribution >= 0.6 is 0 Å². The van der Waals surface area contributed by atoms with E-state index in [9.17, 15) is 4.79 Å². The van der Waals surface area contributed by atoms with Gasteiger partial charge in [-0.2, -0.15) is 0 Å². The Morgan fingerprint density at radius 2 is 1.44 bits per heavy atom. The quantitative estimate of drug-likeness (QED) is 0.656. The first-order chi connectivity index (χ1) is 2.64. The molecule has 47 valence electrons. The van der Waals surface area contributed by atoms with E-state index in [4.69, 9.17) is 0 Å². The molecule has 1 nitrogen and oxygen atoms in total. The van der Waals surface area contributed by atoms with E-state index in [-0.39, 0.29) is 95.7 Å². The van der Waals surface area contributed by atoms with Crippen molar-refractivity contribution in [3.63, 3.8) is 0 Å². The fourth-order valence-corrected chi connectivity index (χ4v) is 0. The Bertz CT molecular complexity index is 66.0. The van der Waals surface area contributed by atoms with Crippen LogP contribution in [0.1, 0.15) is 6.92 Å². The SMILES string of the molecule is [CH2-]C([CH2-])C(C)=O.[V].[Y].[Y]. The Balaban J connectivity index is -0.0000000417. The van der Waals surface area contributed by atoms with Gasteiger partial charge in [-0.15, -0.1) is 0 Å². The summed E-state index contributed by atoms with van der Waals surface area (Å²) in [6, 6.07) is 0. The zero-order chi connectivity index (χ0) is 5.15. The monoisotopic (exact) mass is 313 g/mol. The number of ketones is 1. The van der Waals surface area contributed by atoms with Crippen molar-refractivity contribution in [3.8, 4) is 0 Å². The van der Waals surface area contributed by atoms with E-state index in [1.54, 1.807) is 0 Å². The van der Waals surface area contributed by atoms with Crippen molar-refractivity contribution >= 4 is 5.78 Å². The predicted molar refractivity (Wildman–Crippen MR) is 24.9 cm³/mol. The molecule has 0 fully saturated rings. The van der Waals surface area contributed by atoms with Crippen molar-refractivity contribution in [3.05, 3.63) is 13.8 Å². The van der Waals surface area contributed by atoms with Gasteiger partial charge in [-0.25, -0.2) is 5.92 Å². The molecule has 0 atom stereocenters. The second-order valence-corrected chi connectivity index (χ2v) is 1.31. The van der Waals surface area contributed by atoms with E-state index in [1.165, 1.54) is 6.92 Å².